The Balaban J connectivity index is 2.10. The van der Waals surface area contributed by atoms with Crippen molar-refractivity contribution in [2.75, 3.05) is 18.0 Å². The number of nitrogens with one attached hydrogen (secondary N) is 1. The van der Waals surface area contributed by atoms with E-state index >= 15 is 0 Å². The molecule has 0 bridgehead atoms. The Bertz CT molecular complexity index is 388. The Hall–Kier alpha value is -1.09. The van der Waals surface area contributed by atoms with Crippen molar-refractivity contribution in [1.29, 1.82) is 0 Å². The van der Waals surface area contributed by atoms with Gasteiger partial charge in [-0.15, -0.1) is 0 Å². The maximum absolute atomic E-state index is 4.70. The highest BCUT2D eigenvalue weighted by Crippen LogP contribution is 2.24. The quantitative estimate of drug-likeness (QED) is 0.883. The fourth-order valence-corrected chi connectivity index (χ4v) is 3.14. The first-order valence-corrected chi connectivity index (χ1v) is 8.22. The first-order chi connectivity index (χ1) is 9.76. The summed E-state index contributed by atoms with van der Waals surface area (Å²) in [5, 5.41) is 3.49. The van der Waals surface area contributed by atoms with Gasteiger partial charge in [0.25, 0.3) is 0 Å². The molecule has 1 aliphatic rings. The van der Waals surface area contributed by atoms with Crippen LogP contribution in [0.1, 0.15) is 64.6 Å². The summed E-state index contributed by atoms with van der Waals surface area (Å²) in [4.78, 5) is 7.23. The van der Waals surface area contributed by atoms with Crippen molar-refractivity contribution >= 4 is 5.69 Å². The molecule has 2 rings (SSSR count). The Morgan fingerprint density at radius 2 is 2.15 bits per heavy atom. The van der Waals surface area contributed by atoms with E-state index in [1.165, 1.54) is 43.6 Å². The lowest BCUT2D eigenvalue weighted by Crippen LogP contribution is -2.32. The van der Waals surface area contributed by atoms with Gasteiger partial charge < -0.3 is 10.2 Å². The van der Waals surface area contributed by atoms with E-state index in [0.717, 1.165) is 13.0 Å². The Morgan fingerprint density at radius 1 is 1.30 bits per heavy atom. The Labute approximate surface area is 123 Å². The van der Waals surface area contributed by atoms with Gasteiger partial charge in [0, 0.05) is 18.6 Å². The number of hydrogen-bond donors (Lipinski definition) is 1. The van der Waals surface area contributed by atoms with Gasteiger partial charge in [0.15, 0.2) is 0 Å². The van der Waals surface area contributed by atoms with Gasteiger partial charge in [-0.2, -0.15) is 0 Å². The van der Waals surface area contributed by atoms with E-state index < -0.39 is 0 Å². The molecule has 3 nitrogen and oxygen atoms in total. The van der Waals surface area contributed by atoms with Crippen LogP contribution in [-0.2, 0) is 0 Å². The molecule has 1 aliphatic heterocycles. The van der Waals surface area contributed by atoms with Gasteiger partial charge in [-0.1, -0.05) is 26.7 Å². The van der Waals surface area contributed by atoms with E-state index in [9.17, 15) is 0 Å². The molecule has 1 saturated heterocycles. The molecular formula is C17H29N3. The average Bonchev–Trinajstić information content (AvgIpc) is 2.70. The molecule has 2 unspecified atom stereocenters. The van der Waals surface area contributed by atoms with Crippen LogP contribution in [0.3, 0.4) is 0 Å². The summed E-state index contributed by atoms with van der Waals surface area (Å²) in [6, 6.07) is 5.48. The number of anilines is 1. The van der Waals surface area contributed by atoms with Crippen molar-refractivity contribution in [2.24, 2.45) is 0 Å². The summed E-state index contributed by atoms with van der Waals surface area (Å²) in [6.45, 7) is 8.86. The van der Waals surface area contributed by atoms with Crippen molar-refractivity contribution in [3.63, 3.8) is 0 Å². The Kier molecular flexibility index (Phi) is 5.84. The number of nitrogens with zero attached hydrogens (tertiary/aromatic N) is 2. The molecule has 112 valence electrons. The van der Waals surface area contributed by atoms with E-state index in [4.69, 9.17) is 4.98 Å². The second-order valence-electron chi connectivity index (χ2n) is 5.85. The lowest BCUT2D eigenvalue weighted by atomic mass is 10.1. The molecule has 0 radical (unpaired) electrons. The second-order valence-corrected chi connectivity index (χ2v) is 5.85. The van der Waals surface area contributed by atoms with E-state index in [0.29, 0.717) is 12.1 Å². The second kappa shape index (κ2) is 7.63. The number of pyridine rings is 1. The van der Waals surface area contributed by atoms with E-state index in [-0.39, 0.29) is 0 Å². The van der Waals surface area contributed by atoms with Gasteiger partial charge in [-0.3, -0.25) is 4.98 Å². The topological polar surface area (TPSA) is 28.2 Å². The maximum atomic E-state index is 4.70. The summed E-state index contributed by atoms with van der Waals surface area (Å²) >= 11 is 0. The van der Waals surface area contributed by atoms with Crippen molar-refractivity contribution in [2.45, 2.75) is 65.0 Å². The van der Waals surface area contributed by atoms with Crippen LogP contribution in [0.5, 0.6) is 0 Å². The standard InChI is InChI=1S/C17H29N3/c1-4-16(18-5-2)17-11-10-15(13-19-17)20-12-8-6-7-9-14(20)3/h10-11,13-14,16,18H,4-9,12H2,1-3H3. The number of hydrogen-bond acceptors (Lipinski definition) is 3. The van der Waals surface area contributed by atoms with Gasteiger partial charge in [0.2, 0.25) is 0 Å². The van der Waals surface area contributed by atoms with E-state index in [2.05, 4.69) is 49.3 Å². The third-order valence-corrected chi connectivity index (χ3v) is 4.37. The largest absolute Gasteiger partial charge is 0.368 e. The molecule has 20 heavy (non-hydrogen) atoms. The molecule has 1 aromatic rings. The van der Waals surface area contributed by atoms with E-state index in [1.54, 1.807) is 0 Å². The highest BCUT2D eigenvalue weighted by Gasteiger charge is 2.18. The third-order valence-electron chi connectivity index (χ3n) is 4.37. The average molecular weight is 275 g/mol. The van der Waals surface area contributed by atoms with Crippen LogP contribution in [0.2, 0.25) is 0 Å². The molecule has 1 N–H and O–H groups in total. The fraction of sp³-hybridized carbons (Fsp3) is 0.706. The lowest BCUT2D eigenvalue weighted by Gasteiger charge is -2.29. The molecule has 2 heterocycles. The van der Waals surface area contributed by atoms with Crippen LogP contribution >= 0.6 is 0 Å². The molecule has 0 amide bonds. The van der Waals surface area contributed by atoms with Gasteiger partial charge >= 0.3 is 0 Å². The minimum atomic E-state index is 0.385. The lowest BCUT2D eigenvalue weighted by molar-refractivity contribution is 0.524. The summed E-state index contributed by atoms with van der Waals surface area (Å²) in [5.41, 5.74) is 2.45. The molecule has 1 fully saturated rings. The van der Waals surface area contributed by atoms with Crippen molar-refractivity contribution in [1.82, 2.24) is 10.3 Å². The zero-order valence-corrected chi connectivity index (χ0v) is 13.2. The minimum absolute atomic E-state index is 0.385. The fourth-order valence-electron chi connectivity index (χ4n) is 3.14. The van der Waals surface area contributed by atoms with Crippen molar-refractivity contribution in [3.05, 3.63) is 24.0 Å². The van der Waals surface area contributed by atoms with Crippen LogP contribution in [0.15, 0.2) is 18.3 Å². The summed E-state index contributed by atoms with van der Waals surface area (Å²) in [6.07, 6.45) is 8.49. The van der Waals surface area contributed by atoms with Gasteiger partial charge in [0.05, 0.1) is 17.6 Å². The predicted octanol–water partition coefficient (Wildman–Crippen LogP) is 3.91. The smallest absolute Gasteiger partial charge is 0.0574 e. The molecule has 0 spiro atoms. The molecule has 0 aromatic carbocycles. The van der Waals surface area contributed by atoms with Gasteiger partial charge in [0.1, 0.15) is 0 Å². The molecular weight excluding hydrogens is 246 g/mol. The zero-order valence-electron chi connectivity index (χ0n) is 13.2. The molecule has 0 aliphatic carbocycles. The van der Waals surface area contributed by atoms with Crippen LogP contribution in [0, 0.1) is 0 Å². The number of rotatable bonds is 5. The first kappa shape index (κ1) is 15.3. The highest BCUT2D eigenvalue weighted by atomic mass is 15.2. The summed E-state index contributed by atoms with van der Waals surface area (Å²) < 4.78 is 0. The van der Waals surface area contributed by atoms with Crippen LogP contribution in [0.4, 0.5) is 5.69 Å². The normalized spacial score (nSPS) is 21.6. The van der Waals surface area contributed by atoms with Crippen LogP contribution in [0.25, 0.3) is 0 Å². The first-order valence-electron chi connectivity index (χ1n) is 8.22. The predicted molar refractivity (Wildman–Crippen MR) is 86.2 cm³/mol. The summed E-state index contributed by atoms with van der Waals surface area (Å²) in [5.74, 6) is 0. The van der Waals surface area contributed by atoms with Gasteiger partial charge in [-0.05, 0) is 44.9 Å². The highest BCUT2D eigenvalue weighted by molar-refractivity contribution is 5.46. The van der Waals surface area contributed by atoms with Gasteiger partial charge in [-0.25, -0.2) is 0 Å². The zero-order chi connectivity index (χ0) is 14.4. The molecule has 0 saturated carbocycles. The molecule has 2 atom stereocenters. The molecule has 1 aromatic heterocycles. The molecule has 3 heteroatoms. The van der Waals surface area contributed by atoms with Crippen LogP contribution in [-0.4, -0.2) is 24.1 Å². The van der Waals surface area contributed by atoms with Crippen molar-refractivity contribution in [3.8, 4) is 0 Å². The van der Waals surface area contributed by atoms with Crippen LogP contribution < -0.4 is 10.2 Å². The monoisotopic (exact) mass is 275 g/mol. The maximum Gasteiger partial charge on any atom is 0.0574 e. The third kappa shape index (κ3) is 3.72. The Morgan fingerprint density at radius 3 is 2.80 bits per heavy atom. The van der Waals surface area contributed by atoms with E-state index in [1.807, 2.05) is 0 Å². The summed E-state index contributed by atoms with van der Waals surface area (Å²) in [7, 11) is 0. The SMILES string of the molecule is CCNC(CC)c1ccc(N2CCCCCC2C)cn1. The van der Waals surface area contributed by atoms with Crippen molar-refractivity contribution < 1.29 is 0 Å². The minimum Gasteiger partial charge on any atom is -0.368 e. The number of aromatic nitrogens is 1.